The maximum atomic E-state index is 10.9. The van der Waals surface area contributed by atoms with E-state index < -0.39 is 0 Å². The van der Waals surface area contributed by atoms with Crippen molar-refractivity contribution in [2.24, 2.45) is 0 Å². The van der Waals surface area contributed by atoms with Crippen molar-refractivity contribution in [3.8, 4) is 5.75 Å². The minimum Gasteiger partial charge on any atom is -0.382 e. The third-order valence-electron chi connectivity index (χ3n) is 3.60. The number of anilines is 1. The van der Waals surface area contributed by atoms with Gasteiger partial charge in [-0.1, -0.05) is 30.3 Å². The van der Waals surface area contributed by atoms with Crippen LogP contribution in [0.25, 0.3) is 0 Å². The SMILES string of the molecule is O=CCC(CCCc1ccccc1)Nc1ccc(OOO)cc1. The van der Waals surface area contributed by atoms with Gasteiger partial charge in [-0.3, -0.25) is 0 Å². The molecule has 0 amide bonds. The molecular formula is C18H21NO4. The Balaban J connectivity index is 1.84. The van der Waals surface area contributed by atoms with Gasteiger partial charge in [0, 0.05) is 18.2 Å². The Bertz CT molecular complexity index is 571. The molecule has 2 rings (SSSR count). The van der Waals surface area contributed by atoms with Crippen molar-refractivity contribution >= 4 is 12.0 Å². The third kappa shape index (κ3) is 6.10. The third-order valence-corrected chi connectivity index (χ3v) is 3.60. The molecule has 0 aliphatic heterocycles. The van der Waals surface area contributed by atoms with E-state index >= 15 is 0 Å². The van der Waals surface area contributed by atoms with Crippen LogP contribution in [0.5, 0.6) is 5.75 Å². The van der Waals surface area contributed by atoms with Crippen LogP contribution >= 0.6 is 0 Å². The summed E-state index contributed by atoms with van der Waals surface area (Å²) in [4.78, 5) is 15.4. The Morgan fingerprint density at radius 1 is 1.09 bits per heavy atom. The summed E-state index contributed by atoms with van der Waals surface area (Å²) in [5.41, 5.74) is 2.20. The van der Waals surface area contributed by atoms with Crippen molar-refractivity contribution in [2.45, 2.75) is 31.7 Å². The number of hydrogen-bond acceptors (Lipinski definition) is 5. The Kier molecular flexibility index (Phi) is 7.10. The molecule has 2 aromatic rings. The lowest BCUT2D eigenvalue weighted by atomic mass is 10.0. The van der Waals surface area contributed by atoms with Gasteiger partial charge < -0.3 is 15.0 Å². The lowest BCUT2D eigenvalue weighted by Crippen LogP contribution is -2.20. The largest absolute Gasteiger partial charge is 0.382 e. The van der Waals surface area contributed by atoms with Gasteiger partial charge in [-0.15, -0.1) is 0 Å². The first-order chi connectivity index (χ1) is 11.3. The number of hydrogen-bond donors (Lipinski definition) is 2. The second kappa shape index (κ2) is 9.61. The highest BCUT2D eigenvalue weighted by atomic mass is 17.5. The molecule has 5 heteroatoms. The molecular weight excluding hydrogens is 294 g/mol. The van der Waals surface area contributed by atoms with Crippen molar-refractivity contribution in [1.29, 1.82) is 0 Å². The van der Waals surface area contributed by atoms with Crippen LogP contribution in [0.15, 0.2) is 54.6 Å². The van der Waals surface area contributed by atoms with E-state index in [-0.39, 0.29) is 6.04 Å². The number of benzene rings is 2. The second-order valence-electron chi connectivity index (χ2n) is 5.30. The van der Waals surface area contributed by atoms with Crippen LogP contribution in [0, 0.1) is 0 Å². The van der Waals surface area contributed by atoms with Crippen LogP contribution in [-0.4, -0.2) is 17.6 Å². The average Bonchev–Trinajstić information content (AvgIpc) is 2.58. The Hall–Kier alpha value is -2.37. The first kappa shape index (κ1) is 17.0. The molecule has 0 saturated carbocycles. The minimum atomic E-state index is 0.0945. The molecule has 0 aliphatic rings. The van der Waals surface area contributed by atoms with Gasteiger partial charge in [-0.05, 0) is 54.1 Å². The van der Waals surface area contributed by atoms with Crippen molar-refractivity contribution < 1.29 is 20.0 Å². The van der Waals surface area contributed by atoms with Gasteiger partial charge in [0.15, 0.2) is 5.75 Å². The van der Waals surface area contributed by atoms with E-state index in [1.807, 2.05) is 30.3 Å². The zero-order chi connectivity index (χ0) is 16.3. The maximum absolute atomic E-state index is 10.9. The molecule has 0 heterocycles. The van der Waals surface area contributed by atoms with Crippen LogP contribution in [-0.2, 0) is 16.3 Å². The predicted molar refractivity (Wildman–Crippen MR) is 88.3 cm³/mol. The summed E-state index contributed by atoms with van der Waals surface area (Å²) in [5.74, 6) is 0.397. The molecule has 2 N–H and O–H groups in total. The average molecular weight is 315 g/mol. The zero-order valence-electron chi connectivity index (χ0n) is 12.9. The quantitative estimate of drug-likeness (QED) is 0.396. The molecule has 5 nitrogen and oxygen atoms in total. The van der Waals surface area contributed by atoms with E-state index in [4.69, 9.17) is 5.26 Å². The van der Waals surface area contributed by atoms with E-state index in [1.54, 1.807) is 12.1 Å². The molecule has 1 atom stereocenters. The number of aryl methyl sites for hydroxylation is 1. The first-order valence-electron chi connectivity index (χ1n) is 7.64. The minimum absolute atomic E-state index is 0.0945. The molecule has 0 spiro atoms. The fourth-order valence-corrected chi connectivity index (χ4v) is 2.45. The number of carbonyl (C=O) groups is 1. The molecule has 23 heavy (non-hydrogen) atoms. The Morgan fingerprint density at radius 2 is 1.83 bits per heavy atom. The van der Waals surface area contributed by atoms with Gasteiger partial charge in [-0.25, -0.2) is 5.26 Å². The summed E-state index contributed by atoms with van der Waals surface area (Å²) in [7, 11) is 0. The van der Waals surface area contributed by atoms with Gasteiger partial charge in [-0.2, -0.15) is 0 Å². The number of rotatable bonds is 10. The predicted octanol–water partition coefficient (Wildman–Crippen LogP) is 3.86. The highest BCUT2D eigenvalue weighted by molar-refractivity contribution is 5.53. The summed E-state index contributed by atoms with van der Waals surface area (Å²) in [6.45, 7) is 0. The molecule has 0 fully saturated rings. The van der Waals surface area contributed by atoms with Crippen LogP contribution in [0.4, 0.5) is 5.69 Å². The topological polar surface area (TPSA) is 67.8 Å². The number of nitrogens with one attached hydrogen (secondary N) is 1. The van der Waals surface area contributed by atoms with Crippen LogP contribution in [0.3, 0.4) is 0 Å². The van der Waals surface area contributed by atoms with E-state index in [0.29, 0.717) is 12.2 Å². The number of aldehydes is 1. The van der Waals surface area contributed by atoms with Gasteiger partial charge in [0.25, 0.3) is 0 Å². The van der Waals surface area contributed by atoms with E-state index in [9.17, 15) is 4.79 Å². The fourth-order valence-electron chi connectivity index (χ4n) is 2.45. The molecule has 122 valence electrons. The normalized spacial score (nSPS) is 11.7. The van der Waals surface area contributed by atoms with E-state index in [2.05, 4.69) is 27.4 Å². The summed E-state index contributed by atoms with van der Waals surface area (Å²) in [5, 5.41) is 15.2. The van der Waals surface area contributed by atoms with Crippen LogP contribution in [0.1, 0.15) is 24.8 Å². The van der Waals surface area contributed by atoms with Crippen molar-refractivity contribution in [3.05, 3.63) is 60.2 Å². The molecule has 1 unspecified atom stereocenters. The summed E-state index contributed by atoms with van der Waals surface area (Å²) in [6.07, 6.45) is 4.32. The summed E-state index contributed by atoms with van der Waals surface area (Å²) in [6, 6.07) is 17.4. The molecule has 0 saturated heterocycles. The molecule has 0 radical (unpaired) electrons. The van der Waals surface area contributed by atoms with E-state index in [0.717, 1.165) is 31.2 Å². The van der Waals surface area contributed by atoms with Crippen LogP contribution in [0.2, 0.25) is 0 Å². The lowest BCUT2D eigenvalue weighted by Gasteiger charge is -2.18. The number of carbonyl (C=O) groups excluding carboxylic acids is 1. The van der Waals surface area contributed by atoms with Crippen molar-refractivity contribution in [2.75, 3.05) is 5.32 Å². The van der Waals surface area contributed by atoms with Gasteiger partial charge in [0.1, 0.15) is 6.29 Å². The first-order valence-corrected chi connectivity index (χ1v) is 7.64. The maximum Gasteiger partial charge on any atom is 0.168 e. The Labute approximate surface area is 135 Å². The van der Waals surface area contributed by atoms with Gasteiger partial charge >= 0.3 is 0 Å². The monoisotopic (exact) mass is 315 g/mol. The van der Waals surface area contributed by atoms with Gasteiger partial charge in [0.2, 0.25) is 0 Å². The molecule has 2 aromatic carbocycles. The molecule has 0 bridgehead atoms. The van der Waals surface area contributed by atoms with Crippen molar-refractivity contribution in [3.63, 3.8) is 0 Å². The summed E-state index contributed by atoms with van der Waals surface area (Å²) < 4.78 is 0. The fraction of sp³-hybridized carbons (Fsp3) is 0.278. The smallest absolute Gasteiger partial charge is 0.168 e. The summed E-state index contributed by atoms with van der Waals surface area (Å²) >= 11 is 0. The Morgan fingerprint density at radius 3 is 2.48 bits per heavy atom. The lowest BCUT2D eigenvalue weighted by molar-refractivity contribution is -0.438. The zero-order valence-corrected chi connectivity index (χ0v) is 12.9. The highest BCUT2D eigenvalue weighted by Gasteiger charge is 2.08. The molecule has 0 aromatic heterocycles. The standard InChI is InChI=1S/C18H21NO4/c20-14-13-16(8-4-7-15-5-2-1-3-6-15)19-17-9-11-18(12-10-17)22-23-21/h1-3,5-6,9-12,14,16,19,21H,4,7-8,13H2. The van der Waals surface area contributed by atoms with Crippen molar-refractivity contribution in [1.82, 2.24) is 0 Å². The second-order valence-corrected chi connectivity index (χ2v) is 5.30. The van der Waals surface area contributed by atoms with Crippen LogP contribution < -0.4 is 10.2 Å². The highest BCUT2D eigenvalue weighted by Crippen LogP contribution is 2.18. The van der Waals surface area contributed by atoms with Gasteiger partial charge in [0.05, 0.1) is 0 Å². The van der Waals surface area contributed by atoms with E-state index in [1.165, 1.54) is 5.56 Å². The molecule has 0 aliphatic carbocycles.